The Hall–Kier alpha value is -3.67. The van der Waals surface area contributed by atoms with Gasteiger partial charge in [0.05, 0.1) is 17.5 Å². The molecule has 0 radical (unpaired) electrons. The molecule has 2 N–H and O–H groups in total. The number of nitrogens with one attached hydrogen (secondary N) is 2. The first kappa shape index (κ1) is 18.1. The molecular formula is C21H19N3O3. The number of amides is 1. The minimum absolute atomic E-state index is 0.0122. The van der Waals surface area contributed by atoms with E-state index >= 15 is 0 Å². The second kappa shape index (κ2) is 8.62. The number of carbonyl (C=O) groups excluding carboxylic acids is 1. The Bertz CT molecular complexity index is 857. The van der Waals surface area contributed by atoms with Gasteiger partial charge in [-0.25, -0.2) is 0 Å². The van der Waals surface area contributed by atoms with Crippen molar-refractivity contribution in [2.24, 2.45) is 0 Å². The lowest BCUT2D eigenvalue weighted by Crippen LogP contribution is -2.33. The number of nitro benzene ring substituents is 1. The van der Waals surface area contributed by atoms with Crippen molar-refractivity contribution in [3.05, 3.63) is 106 Å². The molecule has 0 saturated carbocycles. The number of hydrogen-bond acceptors (Lipinski definition) is 4. The zero-order valence-corrected chi connectivity index (χ0v) is 14.5. The molecule has 136 valence electrons. The normalized spacial score (nSPS) is 10.4. The van der Waals surface area contributed by atoms with E-state index in [2.05, 4.69) is 10.6 Å². The van der Waals surface area contributed by atoms with Gasteiger partial charge in [-0.2, -0.15) is 0 Å². The van der Waals surface area contributed by atoms with Gasteiger partial charge in [-0.05, 0) is 23.3 Å². The highest BCUT2D eigenvalue weighted by Gasteiger charge is 2.16. The molecule has 3 aromatic carbocycles. The third kappa shape index (κ3) is 4.92. The molecule has 0 aliphatic rings. The van der Waals surface area contributed by atoms with Crippen LogP contribution in [0.4, 0.5) is 11.4 Å². The fourth-order valence-electron chi connectivity index (χ4n) is 2.75. The van der Waals surface area contributed by atoms with Crippen LogP contribution in [0.3, 0.4) is 0 Å². The Kier molecular flexibility index (Phi) is 5.79. The molecule has 0 aliphatic heterocycles. The van der Waals surface area contributed by atoms with E-state index in [1.165, 1.54) is 12.1 Å². The lowest BCUT2D eigenvalue weighted by molar-refractivity contribution is -0.384. The van der Waals surface area contributed by atoms with E-state index in [4.69, 9.17) is 0 Å². The quantitative estimate of drug-likeness (QED) is 0.493. The number of rotatable bonds is 7. The first-order valence-electron chi connectivity index (χ1n) is 8.51. The first-order valence-corrected chi connectivity index (χ1v) is 8.51. The molecular weight excluding hydrogens is 342 g/mol. The van der Waals surface area contributed by atoms with Crippen LogP contribution in [-0.4, -0.2) is 17.4 Å². The predicted molar refractivity (Wildman–Crippen MR) is 104 cm³/mol. The Labute approximate surface area is 157 Å². The van der Waals surface area contributed by atoms with Crippen molar-refractivity contribution in [1.29, 1.82) is 0 Å². The van der Waals surface area contributed by atoms with Crippen molar-refractivity contribution in [3.8, 4) is 0 Å². The molecule has 6 nitrogen and oxygen atoms in total. The number of anilines is 1. The van der Waals surface area contributed by atoms with E-state index < -0.39 is 4.92 Å². The molecule has 0 heterocycles. The summed E-state index contributed by atoms with van der Waals surface area (Å²) in [4.78, 5) is 22.7. The van der Waals surface area contributed by atoms with Crippen LogP contribution in [0.25, 0.3) is 0 Å². The molecule has 0 saturated heterocycles. The predicted octanol–water partition coefficient (Wildman–Crippen LogP) is 3.91. The van der Waals surface area contributed by atoms with E-state index in [1.807, 2.05) is 60.7 Å². The monoisotopic (exact) mass is 361 g/mol. The Morgan fingerprint density at radius 1 is 0.852 bits per heavy atom. The van der Waals surface area contributed by atoms with Gasteiger partial charge < -0.3 is 10.6 Å². The van der Waals surface area contributed by atoms with Crippen molar-refractivity contribution in [2.45, 2.75) is 6.04 Å². The van der Waals surface area contributed by atoms with E-state index in [0.29, 0.717) is 5.69 Å². The summed E-state index contributed by atoms with van der Waals surface area (Å²) in [6, 6.07) is 25.2. The Morgan fingerprint density at radius 3 is 1.85 bits per heavy atom. The summed E-state index contributed by atoms with van der Waals surface area (Å²) in [6.07, 6.45) is 0. The van der Waals surface area contributed by atoms with Crippen LogP contribution in [0.15, 0.2) is 84.9 Å². The molecule has 0 spiro atoms. The number of nitrogens with zero attached hydrogens (tertiary/aromatic N) is 1. The van der Waals surface area contributed by atoms with Crippen LogP contribution in [0, 0.1) is 10.1 Å². The van der Waals surface area contributed by atoms with Crippen molar-refractivity contribution in [1.82, 2.24) is 5.32 Å². The third-order valence-electron chi connectivity index (χ3n) is 4.10. The Balaban J connectivity index is 1.67. The summed E-state index contributed by atoms with van der Waals surface area (Å²) in [7, 11) is 0. The lowest BCUT2D eigenvalue weighted by atomic mass is 9.99. The highest BCUT2D eigenvalue weighted by atomic mass is 16.6. The average Bonchev–Trinajstić information content (AvgIpc) is 2.72. The van der Waals surface area contributed by atoms with Crippen LogP contribution in [0.2, 0.25) is 0 Å². The van der Waals surface area contributed by atoms with Gasteiger partial charge in [0.1, 0.15) is 0 Å². The summed E-state index contributed by atoms with van der Waals surface area (Å²) >= 11 is 0. The van der Waals surface area contributed by atoms with Gasteiger partial charge in [-0.1, -0.05) is 60.7 Å². The lowest BCUT2D eigenvalue weighted by Gasteiger charge is -2.20. The third-order valence-corrected chi connectivity index (χ3v) is 4.10. The van der Waals surface area contributed by atoms with E-state index in [0.717, 1.165) is 11.1 Å². The zero-order chi connectivity index (χ0) is 19.1. The summed E-state index contributed by atoms with van der Waals surface area (Å²) < 4.78 is 0. The first-order chi connectivity index (χ1) is 13.1. The summed E-state index contributed by atoms with van der Waals surface area (Å²) in [6.45, 7) is 0.0635. The van der Waals surface area contributed by atoms with Crippen molar-refractivity contribution >= 4 is 17.3 Å². The molecule has 0 aliphatic carbocycles. The number of nitro groups is 1. The van der Waals surface area contributed by atoms with Crippen molar-refractivity contribution in [2.75, 3.05) is 11.9 Å². The van der Waals surface area contributed by atoms with Crippen molar-refractivity contribution < 1.29 is 9.72 Å². The molecule has 0 atom stereocenters. The molecule has 3 aromatic rings. The number of non-ortho nitro benzene ring substituents is 1. The Morgan fingerprint density at radius 2 is 1.37 bits per heavy atom. The van der Waals surface area contributed by atoms with E-state index in [-0.39, 0.29) is 24.2 Å². The average molecular weight is 361 g/mol. The van der Waals surface area contributed by atoms with Crippen LogP contribution in [0.5, 0.6) is 0 Å². The van der Waals surface area contributed by atoms with Gasteiger partial charge in [0.25, 0.3) is 5.69 Å². The fraction of sp³-hybridized carbons (Fsp3) is 0.0952. The standard InChI is InChI=1S/C21H19N3O3/c25-20(15-22-18-11-13-19(14-12-18)24(26)27)23-21(16-7-3-1-4-8-16)17-9-5-2-6-10-17/h1-14,21-22H,15H2,(H,23,25). The molecule has 0 fully saturated rings. The second-order valence-corrected chi connectivity index (χ2v) is 5.98. The number of benzene rings is 3. The number of hydrogen-bond donors (Lipinski definition) is 2. The molecule has 0 aromatic heterocycles. The molecule has 27 heavy (non-hydrogen) atoms. The van der Waals surface area contributed by atoms with Gasteiger partial charge in [0.15, 0.2) is 0 Å². The fourth-order valence-corrected chi connectivity index (χ4v) is 2.75. The summed E-state index contributed by atoms with van der Waals surface area (Å²) in [5.41, 5.74) is 2.64. The van der Waals surface area contributed by atoms with Gasteiger partial charge in [-0.15, -0.1) is 0 Å². The number of carbonyl (C=O) groups is 1. The SMILES string of the molecule is O=C(CNc1ccc([N+](=O)[O-])cc1)NC(c1ccccc1)c1ccccc1. The topological polar surface area (TPSA) is 84.3 Å². The minimum Gasteiger partial charge on any atom is -0.376 e. The van der Waals surface area contributed by atoms with Crippen LogP contribution < -0.4 is 10.6 Å². The van der Waals surface area contributed by atoms with Crippen LogP contribution in [0.1, 0.15) is 17.2 Å². The van der Waals surface area contributed by atoms with E-state index in [9.17, 15) is 14.9 Å². The van der Waals surface area contributed by atoms with Crippen LogP contribution in [-0.2, 0) is 4.79 Å². The maximum Gasteiger partial charge on any atom is 0.269 e. The maximum atomic E-state index is 12.5. The molecule has 1 amide bonds. The highest BCUT2D eigenvalue weighted by molar-refractivity contribution is 5.81. The van der Waals surface area contributed by atoms with Crippen LogP contribution >= 0.6 is 0 Å². The second-order valence-electron chi connectivity index (χ2n) is 5.98. The molecule has 3 rings (SSSR count). The van der Waals surface area contributed by atoms with Gasteiger partial charge in [-0.3, -0.25) is 14.9 Å². The van der Waals surface area contributed by atoms with Gasteiger partial charge in [0, 0.05) is 17.8 Å². The largest absolute Gasteiger partial charge is 0.376 e. The summed E-state index contributed by atoms with van der Waals surface area (Å²) in [5, 5.41) is 16.7. The minimum atomic E-state index is -0.458. The molecule has 0 unspecified atom stereocenters. The molecule has 6 heteroatoms. The maximum absolute atomic E-state index is 12.5. The van der Waals surface area contributed by atoms with Gasteiger partial charge in [0.2, 0.25) is 5.91 Å². The summed E-state index contributed by atoms with van der Waals surface area (Å²) in [5.74, 6) is -0.175. The van der Waals surface area contributed by atoms with Gasteiger partial charge >= 0.3 is 0 Å². The zero-order valence-electron chi connectivity index (χ0n) is 14.5. The highest BCUT2D eigenvalue weighted by Crippen LogP contribution is 2.21. The van der Waals surface area contributed by atoms with Crippen molar-refractivity contribution in [3.63, 3.8) is 0 Å². The smallest absolute Gasteiger partial charge is 0.269 e. The molecule has 0 bridgehead atoms. The van der Waals surface area contributed by atoms with E-state index in [1.54, 1.807) is 12.1 Å².